The molecule has 1 fully saturated rings. The lowest BCUT2D eigenvalue weighted by atomic mass is 10.3. The van der Waals surface area contributed by atoms with Gasteiger partial charge >= 0.3 is 6.55 Å². The summed E-state index contributed by atoms with van der Waals surface area (Å²) < 4.78 is 34.0. The Labute approximate surface area is 173 Å². The third-order valence-corrected chi connectivity index (χ3v) is 5.51. The number of benzene rings is 2. The maximum absolute atomic E-state index is 13.6. The molecule has 0 spiro atoms. The van der Waals surface area contributed by atoms with E-state index in [0.29, 0.717) is 40.8 Å². The molecule has 2 aromatic carbocycles. The van der Waals surface area contributed by atoms with Crippen molar-refractivity contribution in [1.29, 1.82) is 0 Å². The van der Waals surface area contributed by atoms with Crippen molar-refractivity contribution in [3.63, 3.8) is 0 Å². The highest BCUT2D eigenvalue weighted by Gasteiger charge is 2.22. The van der Waals surface area contributed by atoms with Crippen molar-refractivity contribution in [2.24, 2.45) is 0 Å². The van der Waals surface area contributed by atoms with Gasteiger partial charge in [0.15, 0.2) is 0 Å². The van der Waals surface area contributed by atoms with Crippen LogP contribution in [0.3, 0.4) is 0 Å². The Balaban J connectivity index is 1.30. The minimum Gasteiger partial charge on any atom is -0.491 e. The highest BCUT2D eigenvalue weighted by atomic mass is 35.5. The third-order valence-electron chi connectivity index (χ3n) is 5.20. The lowest BCUT2D eigenvalue weighted by Gasteiger charge is -2.34. The Morgan fingerprint density at radius 2 is 1.66 bits per heavy atom. The van der Waals surface area contributed by atoms with Crippen molar-refractivity contribution in [3.05, 3.63) is 59.4 Å². The molecule has 3 aromatic rings. The van der Waals surface area contributed by atoms with Crippen molar-refractivity contribution >= 4 is 22.6 Å². The molecule has 1 aliphatic heterocycles. The number of imidazole rings is 1. The molecule has 0 radical (unpaired) electrons. The molecule has 4 rings (SSSR count). The van der Waals surface area contributed by atoms with E-state index in [1.54, 1.807) is 18.2 Å². The summed E-state index contributed by atoms with van der Waals surface area (Å²) in [6.45, 7) is 2.52. The standard InChI is InChI=1S/C21H23ClF2N4O/c22-16-5-1-4-8-19(16)29-14-13-26-9-11-27(12-10-26)15-20-25-17-6-2-3-7-18(17)28(20)21(23)24/h1-8,21H,9-15H2. The zero-order valence-corrected chi connectivity index (χ0v) is 16.7. The lowest BCUT2D eigenvalue weighted by molar-refractivity contribution is 0.0640. The van der Waals surface area contributed by atoms with Gasteiger partial charge in [-0.05, 0) is 24.3 Å². The van der Waals surface area contributed by atoms with E-state index < -0.39 is 6.55 Å². The quantitative estimate of drug-likeness (QED) is 0.571. The summed E-state index contributed by atoms with van der Waals surface area (Å²) in [6, 6.07) is 14.5. The van der Waals surface area contributed by atoms with E-state index in [0.717, 1.165) is 37.3 Å². The predicted octanol–water partition coefficient (Wildman–Crippen LogP) is 4.28. The molecular weight excluding hydrogens is 398 g/mol. The number of fused-ring (bicyclic) bond motifs is 1. The molecule has 0 amide bonds. The Morgan fingerprint density at radius 3 is 2.41 bits per heavy atom. The summed E-state index contributed by atoms with van der Waals surface area (Å²) >= 11 is 6.10. The van der Waals surface area contributed by atoms with E-state index in [4.69, 9.17) is 16.3 Å². The summed E-state index contributed by atoms with van der Waals surface area (Å²) in [6.07, 6.45) is 0. The number of alkyl halides is 2. The average Bonchev–Trinajstić information content (AvgIpc) is 3.09. The van der Waals surface area contributed by atoms with Crippen LogP contribution in [0.15, 0.2) is 48.5 Å². The summed E-state index contributed by atoms with van der Waals surface area (Å²) in [5.74, 6) is 1.11. The molecule has 0 bridgehead atoms. The van der Waals surface area contributed by atoms with Crippen LogP contribution in [0.25, 0.3) is 11.0 Å². The first-order chi connectivity index (χ1) is 14.1. The van der Waals surface area contributed by atoms with Crippen LogP contribution in [0.2, 0.25) is 5.02 Å². The number of rotatable bonds is 7. The van der Waals surface area contributed by atoms with Gasteiger partial charge in [0.25, 0.3) is 0 Å². The van der Waals surface area contributed by atoms with Crippen molar-refractivity contribution in [3.8, 4) is 5.75 Å². The first-order valence-electron chi connectivity index (χ1n) is 9.68. The van der Waals surface area contributed by atoms with E-state index in [1.807, 2.05) is 30.3 Å². The fourth-order valence-corrected chi connectivity index (χ4v) is 3.83. The number of piperazine rings is 1. The fourth-order valence-electron chi connectivity index (χ4n) is 3.64. The number of para-hydroxylation sites is 3. The number of aromatic nitrogens is 2. The molecule has 0 aliphatic carbocycles. The molecule has 5 nitrogen and oxygen atoms in total. The second kappa shape index (κ2) is 9.07. The smallest absolute Gasteiger partial charge is 0.320 e. The van der Waals surface area contributed by atoms with Crippen LogP contribution >= 0.6 is 11.6 Å². The SMILES string of the molecule is FC(F)n1c(CN2CCN(CCOc3ccccc3Cl)CC2)nc2ccccc21. The first kappa shape index (κ1) is 20.1. The molecule has 1 aromatic heterocycles. The monoisotopic (exact) mass is 420 g/mol. The largest absolute Gasteiger partial charge is 0.491 e. The van der Waals surface area contributed by atoms with Gasteiger partial charge in [0.2, 0.25) is 0 Å². The zero-order valence-electron chi connectivity index (χ0n) is 16.0. The van der Waals surface area contributed by atoms with Gasteiger partial charge in [0.1, 0.15) is 18.2 Å². The summed E-state index contributed by atoms with van der Waals surface area (Å²) in [5, 5.41) is 0.610. The maximum Gasteiger partial charge on any atom is 0.320 e. The van der Waals surface area contributed by atoms with E-state index in [-0.39, 0.29) is 0 Å². The van der Waals surface area contributed by atoms with Crippen LogP contribution in [0.4, 0.5) is 8.78 Å². The van der Waals surface area contributed by atoms with E-state index in [2.05, 4.69) is 14.8 Å². The Kier molecular flexibility index (Phi) is 6.28. The van der Waals surface area contributed by atoms with Gasteiger partial charge in [-0.25, -0.2) is 4.98 Å². The molecular formula is C21H23ClF2N4O. The molecule has 1 saturated heterocycles. The van der Waals surface area contributed by atoms with E-state index in [9.17, 15) is 8.78 Å². The highest BCUT2D eigenvalue weighted by molar-refractivity contribution is 6.32. The molecule has 29 heavy (non-hydrogen) atoms. The van der Waals surface area contributed by atoms with Crippen molar-refractivity contribution in [2.75, 3.05) is 39.3 Å². The first-order valence-corrected chi connectivity index (χ1v) is 10.1. The normalized spacial score (nSPS) is 16.0. The van der Waals surface area contributed by atoms with Gasteiger partial charge in [-0.1, -0.05) is 35.9 Å². The van der Waals surface area contributed by atoms with Gasteiger partial charge in [-0.15, -0.1) is 0 Å². The molecule has 0 saturated carbocycles. The van der Waals surface area contributed by atoms with Crippen LogP contribution in [0.1, 0.15) is 12.4 Å². The Morgan fingerprint density at radius 1 is 0.966 bits per heavy atom. The number of ether oxygens (including phenoxy) is 1. The number of hydrogen-bond acceptors (Lipinski definition) is 4. The molecule has 0 unspecified atom stereocenters. The molecule has 1 aliphatic rings. The van der Waals surface area contributed by atoms with Gasteiger partial charge in [-0.2, -0.15) is 8.78 Å². The molecule has 2 heterocycles. The number of nitrogens with zero attached hydrogens (tertiary/aromatic N) is 4. The fraction of sp³-hybridized carbons (Fsp3) is 0.381. The van der Waals surface area contributed by atoms with Gasteiger partial charge in [0.05, 0.1) is 22.6 Å². The summed E-state index contributed by atoms with van der Waals surface area (Å²) in [5.41, 5.74) is 1.09. The van der Waals surface area contributed by atoms with Crippen LogP contribution < -0.4 is 4.74 Å². The maximum atomic E-state index is 13.6. The number of halogens is 3. The lowest BCUT2D eigenvalue weighted by Crippen LogP contribution is -2.47. The molecule has 0 N–H and O–H groups in total. The average molecular weight is 421 g/mol. The van der Waals surface area contributed by atoms with Gasteiger partial charge < -0.3 is 4.74 Å². The van der Waals surface area contributed by atoms with Crippen LogP contribution in [-0.4, -0.2) is 58.7 Å². The topological polar surface area (TPSA) is 33.5 Å². The summed E-state index contributed by atoms with van der Waals surface area (Å²) in [4.78, 5) is 8.91. The molecule has 154 valence electrons. The van der Waals surface area contributed by atoms with Gasteiger partial charge in [-0.3, -0.25) is 14.4 Å². The van der Waals surface area contributed by atoms with Crippen molar-refractivity contribution in [2.45, 2.75) is 13.1 Å². The zero-order chi connectivity index (χ0) is 20.2. The summed E-state index contributed by atoms with van der Waals surface area (Å²) in [7, 11) is 0. The van der Waals surface area contributed by atoms with Crippen LogP contribution in [0.5, 0.6) is 5.75 Å². The van der Waals surface area contributed by atoms with Crippen molar-refractivity contribution in [1.82, 2.24) is 19.4 Å². The minimum absolute atomic E-state index is 0.414. The Bertz CT molecular complexity index is 957. The van der Waals surface area contributed by atoms with E-state index >= 15 is 0 Å². The van der Waals surface area contributed by atoms with Gasteiger partial charge in [0, 0.05) is 32.7 Å². The second-order valence-electron chi connectivity index (χ2n) is 7.06. The van der Waals surface area contributed by atoms with Crippen molar-refractivity contribution < 1.29 is 13.5 Å². The molecule has 8 heteroatoms. The molecule has 0 atom stereocenters. The predicted molar refractivity (Wildman–Crippen MR) is 110 cm³/mol. The third kappa shape index (κ3) is 4.69. The van der Waals surface area contributed by atoms with Crippen LogP contribution in [-0.2, 0) is 6.54 Å². The number of hydrogen-bond donors (Lipinski definition) is 0. The Hall–Kier alpha value is -2.22. The van der Waals surface area contributed by atoms with E-state index in [1.165, 1.54) is 0 Å². The van der Waals surface area contributed by atoms with Crippen LogP contribution in [0, 0.1) is 0 Å². The second-order valence-corrected chi connectivity index (χ2v) is 7.47. The highest BCUT2D eigenvalue weighted by Crippen LogP contribution is 2.25. The minimum atomic E-state index is -2.60.